The highest BCUT2D eigenvalue weighted by Gasteiger charge is 2.29. The number of para-hydroxylation sites is 2. The molecule has 0 radical (unpaired) electrons. The first-order valence-electron chi connectivity index (χ1n) is 34.1. The molecule has 0 aliphatic carbocycles. The highest BCUT2D eigenvalue weighted by molar-refractivity contribution is 6.36. The summed E-state index contributed by atoms with van der Waals surface area (Å²) in [6.45, 7) is 0. The predicted molar refractivity (Wildman–Crippen MR) is 416 cm³/mol. The molecule has 0 N–H and O–H groups in total. The van der Waals surface area contributed by atoms with Crippen LogP contribution in [0.5, 0.6) is 0 Å². The summed E-state index contributed by atoms with van der Waals surface area (Å²) in [4.78, 5) is 21.8. The quantitative estimate of drug-likeness (QED) is 0.149. The van der Waals surface area contributed by atoms with E-state index in [1.807, 2.05) is 36.5 Å². The molecular formula is C92H54N8. The van der Waals surface area contributed by atoms with Crippen LogP contribution < -0.4 is 0 Å². The predicted octanol–water partition coefficient (Wildman–Crippen LogP) is 23.6. The van der Waals surface area contributed by atoms with E-state index >= 15 is 0 Å². The third-order valence-electron chi connectivity index (χ3n) is 21.1. The molecule has 6 aromatic heterocycles. The van der Waals surface area contributed by atoms with Crippen LogP contribution in [0.4, 0.5) is 0 Å². The van der Waals surface area contributed by atoms with E-state index in [4.69, 9.17) is 19.9 Å². The smallest absolute Gasteiger partial charge is 0.160 e. The second-order valence-electron chi connectivity index (χ2n) is 26.4. The number of fused-ring (bicyclic) bond motifs is 26. The summed E-state index contributed by atoms with van der Waals surface area (Å²) in [7, 11) is 0. The third kappa shape index (κ3) is 7.75. The van der Waals surface area contributed by atoms with Crippen molar-refractivity contribution in [2.24, 2.45) is 0 Å². The molecule has 0 spiro atoms. The van der Waals surface area contributed by atoms with Gasteiger partial charge in [0.15, 0.2) is 11.6 Å². The Morgan fingerprint density at radius 2 is 0.570 bits per heavy atom. The van der Waals surface area contributed by atoms with Gasteiger partial charge in [-0.25, -0.2) is 19.9 Å². The van der Waals surface area contributed by atoms with Crippen molar-refractivity contribution in [3.05, 3.63) is 328 Å². The summed E-state index contributed by atoms with van der Waals surface area (Å²) in [6.07, 6.45) is 1.88. The number of hydrogen-bond acceptors (Lipinski definition) is 4. The molecule has 6 heterocycles. The molecule has 0 fully saturated rings. The monoisotopic (exact) mass is 1270 g/mol. The minimum Gasteiger partial charge on any atom is -0.307 e. The zero-order chi connectivity index (χ0) is 65.3. The zero-order valence-electron chi connectivity index (χ0n) is 53.8. The van der Waals surface area contributed by atoms with E-state index in [-0.39, 0.29) is 0 Å². The fourth-order valence-corrected chi connectivity index (χ4v) is 16.9. The van der Waals surface area contributed by atoms with Crippen molar-refractivity contribution < 1.29 is 0 Å². The Labute approximate surface area is 571 Å². The summed E-state index contributed by atoms with van der Waals surface area (Å²) >= 11 is 0. The Hall–Kier alpha value is -13.6. The largest absolute Gasteiger partial charge is 0.307 e. The molecule has 100 heavy (non-hydrogen) atoms. The molecule has 0 aliphatic heterocycles. The van der Waals surface area contributed by atoms with Crippen LogP contribution >= 0.6 is 0 Å². The molecule has 462 valence electrons. The SMILES string of the molecule is c1ccc(-c2ncc3nc(-c4cc(-n5c6c7ccccc7ccc6c6ccc7c8ccc9ccccc9c8n(-c8ccccc8)c7c65)cc(-n5c6c7ccccc7ccc6c6ccc7c8c9ccccc9c9ccccc9c8n(-c8ccccc8)c7c65)c4)nc(-c4ccccc4)c3n2)cc1. The van der Waals surface area contributed by atoms with Gasteiger partial charge in [0, 0.05) is 104 Å². The van der Waals surface area contributed by atoms with E-state index in [0.29, 0.717) is 28.4 Å². The summed E-state index contributed by atoms with van der Waals surface area (Å²) in [5, 5.41) is 21.1. The van der Waals surface area contributed by atoms with Crippen LogP contribution in [0, 0.1) is 0 Å². The summed E-state index contributed by atoms with van der Waals surface area (Å²) in [6, 6.07) is 118. The zero-order valence-corrected chi connectivity index (χ0v) is 53.8. The molecule has 0 saturated carbocycles. The van der Waals surface area contributed by atoms with Gasteiger partial charge in [0.1, 0.15) is 16.7 Å². The Kier molecular flexibility index (Phi) is 11.5. The molecule has 0 amide bonds. The number of hydrogen-bond donors (Lipinski definition) is 0. The third-order valence-corrected chi connectivity index (χ3v) is 21.1. The van der Waals surface area contributed by atoms with E-state index in [1.54, 1.807) is 0 Å². The first-order chi connectivity index (χ1) is 49.6. The Bertz CT molecular complexity index is 7250. The summed E-state index contributed by atoms with van der Waals surface area (Å²) in [5.41, 5.74) is 17.6. The van der Waals surface area contributed by atoms with Gasteiger partial charge in [0.25, 0.3) is 0 Å². The Balaban J connectivity index is 0.965. The molecule has 0 saturated heterocycles. The number of benzene rings is 16. The number of aromatic nitrogens is 8. The molecule has 22 aromatic rings. The lowest BCUT2D eigenvalue weighted by Crippen LogP contribution is -2.04. The standard InChI is InChI=1S/C92H54N8/c1-5-26-58(27-6-1)81-82-79(54-93-91(96-82)59-28-7-2-8-29-59)94-92(95-81)60-51-63(99-84-66-35-17-14-24-56(66)42-45-73(84)76-48-47-75-72-44-41-55-23-13-16-34-65(55)83(72)97(87(75)88(76)99)61-30-9-3-10-31-61)53-64(52-60)100-85-67-36-18-15-25-57(67)43-46-74(85)77-49-50-78-80-70-39-21-19-37-68(70)69-38-20-22-40-71(69)86(80)98(90(78)89(77)100)62-32-11-4-12-33-62/h1-54H. The molecule has 22 rings (SSSR count). The first-order valence-corrected chi connectivity index (χ1v) is 34.1. The van der Waals surface area contributed by atoms with Crippen molar-refractivity contribution in [3.63, 3.8) is 0 Å². The van der Waals surface area contributed by atoms with E-state index in [0.717, 1.165) is 137 Å². The van der Waals surface area contributed by atoms with Crippen molar-refractivity contribution in [1.82, 2.24) is 38.2 Å². The first kappa shape index (κ1) is 54.7. The minimum atomic E-state index is 0.540. The molecule has 8 nitrogen and oxygen atoms in total. The van der Waals surface area contributed by atoms with Gasteiger partial charge < -0.3 is 18.3 Å². The minimum absolute atomic E-state index is 0.540. The van der Waals surface area contributed by atoms with E-state index < -0.39 is 0 Å². The molecule has 16 aromatic carbocycles. The highest BCUT2D eigenvalue weighted by atomic mass is 15.1. The fourth-order valence-electron chi connectivity index (χ4n) is 16.9. The lowest BCUT2D eigenvalue weighted by atomic mass is 9.96. The lowest BCUT2D eigenvalue weighted by Gasteiger charge is -2.18. The maximum atomic E-state index is 5.79. The second kappa shape index (κ2) is 21.0. The van der Waals surface area contributed by atoms with Gasteiger partial charge in [-0.2, -0.15) is 0 Å². The van der Waals surface area contributed by atoms with Crippen LogP contribution in [0.15, 0.2) is 328 Å². The van der Waals surface area contributed by atoms with Gasteiger partial charge >= 0.3 is 0 Å². The average molecular weight is 1270 g/mol. The highest BCUT2D eigenvalue weighted by Crippen LogP contribution is 2.50. The van der Waals surface area contributed by atoms with E-state index in [1.165, 1.54) is 43.1 Å². The van der Waals surface area contributed by atoms with Crippen LogP contribution in [0.1, 0.15) is 0 Å². The maximum Gasteiger partial charge on any atom is 0.160 e. The normalized spacial score (nSPS) is 12.2. The van der Waals surface area contributed by atoms with Gasteiger partial charge in [-0.3, -0.25) is 0 Å². The van der Waals surface area contributed by atoms with Crippen LogP contribution in [0.3, 0.4) is 0 Å². The van der Waals surface area contributed by atoms with Crippen molar-refractivity contribution in [1.29, 1.82) is 0 Å². The molecule has 0 bridgehead atoms. The second-order valence-corrected chi connectivity index (χ2v) is 26.4. The molecule has 0 atom stereocenters. The van der Waals surface area contributed by atoms with Gasteiger partial charge in [-0.05, 0) is 74.8 Å². The van der Waals surface area contributed by atoms with Gasteiger partial charge in [-0.15, -0.1) is 0 Å². The van der Waals surface area contributed by atoms with Crippen LogP contribution in [-0.2, 0) is 0 Å². The molecule has 0 aliphatic rings. The van der Waals surface area contributed by atoms with Crippen LogP contribution in [0.25, 0.3) is 209 Å². The average Bonchev–Trinajstić information content (AvgIpc) is 1.51. The van der Waals surface area contributed by atoms with Crippen molar-refractivity contribution in [2.45, 2.75) is 0 Å². The number of nitrogens with zero attached hydrogens (tertiary/aromatic N) is 8. The van der Waals surface area contributed by atoms with Crippen molar-refractivity contribution in [3.8, 4) is 56.8 Å². The van der Waals surface area contributed by atoms with Crippen LogP contribution in [0.2, 0.25) is 0 Å². The Morgan fingerprint density at radius 3 is 1.08 bits per heavy atom. The van der Waals surface area contributed by atoms with Gasteiger partial charge in [0.05, 0.1) is 50.3 Å². The topological polar surface area (TPSA) is 71.3 Å². The van der Waals surface area contributed by atoms with E-state index in [9.17, 15) is 0 Å². The molecule has 8 heteroatoms. The van der Waals surface area contributed by atoms with Crippen LogP contribution in [-0.4, -0.2) is 38.2 Å². The van der Waals surface area contributed by atoms with Crippen molar-refractivity contribution >= 4 is 152 Å². The summed E-state index contributed by atoms with van der Waals surface area (Å²) < 4.78 is 10.3. The molecular weight excluding hydrogens is 1220 g/mol. The fraction of sp³-hybridized carbons (Fsp3) is 0. The lowest BCUT2D eigenvalue weighted by molar-refractivity contribution is 1.12. The van der Waals surface area contributed by atoms with Gasteiger partial charge in [-0.1, -0.05) is 279 Å². The Morgan fingerprint density at radius 1 is 0.210 bits per heavy atom. The molecule has 0 unspecified atom stereocenters. The van der Waals surface area contributed by atoms with E-state index in [2.05, 4.69) is 309 Å². The number of rotatable bonds is 7. The maximum absolute atomic E-state index is 5.79. The van der Waals surface area contributed by atoms with Crippen molar-refractivity contribution in [2.75, 3.05) is 0 Å². The summed E-state index contributed by atoms with van der Waals surface area (Å²) in [5.74, 6) is 1.15. The van der Waals surface area contributed by atoms with Gasteiger partial charge in [0.2, 0.25) is 0 Å².